The number of imide groups is 1. The maximum Gasteiger partial charge on any atom is 0.321 e. The number of carbonyl (C=O) groups excluding carboxylic acids is 2. The lowest BCUT2D eigenvalue weighted by molar-refractivity contribution is -0.120. The van der Waals surface area contributed by atoms with Crippen LogP contribution in [0, 0.1) is 13.8 Å². The van der Waals surface area contributed by atoms with Gasteiger partial charge in [-0.2, -0.15) is 0 Å². The molecule has 0 saturated heterocycles. The molecule has 3 aromatic rings. The number of fused-ring (bicyclic) bond motifs is 1. The number of carbonyl (C=O) groups is 2. The Balaban J connectivity index is 1.93. The third-order valence-electron chi connectivity index (χ3n) is 4.37. The van der Waals surface area contributed by atoms with Gasteiger partial charge in [-0.1, -0.05) is 18.2 Å². The molecule has 0 bridgehead atoms. The van der Waals surface area contributed by atoms with E-state index >= 15 is 0 Å². The summed E-state index contributed by atoms with van der Waals surface area (Å²) in [6.07, 6.45) is 1.34. The van der Waals surface area contributed by atoms with Gasteiger partial charge in [0, 0.05) is 17.0 Å². The Bertz CT molecular complexity index is 1110. The fraction of sp³-hybridized carbons (Fsp3) is 0.300. The third kappa shape index (κ3) is 4.12. The molecule has 28 heavy (non-hydrogen) atoms. The summed E-state index contributed by atoms with van der Waals surface area (Å²) >= 11 is 1.39. The third-order valence-corrected chi connectivity index (χ3v) is 5.25. The lowest BCUT2D eigenvalue weighted by Gasteiger charge is -2.10. The number of amides is 3. The average Bonchev–Trinajstić information content (AvgIpc) is 3.04. The van der Waals surface area contributed by atoms with E-state index in [1.165, 1.54) is 27.8 Å². The second-order valence-electron chi connectivity index (χ2n) is 6.98. The molecule has 0 aliphatic rings. The van der Waals surface area contributed by atoms with Gasteiger partial charge in [0.15, 0.2) is 0 Å². The van der Waals surface area contributed by atoms with Gasteiger partial charge in [0.05, 0.1) is 11.7 Å². The van der Waals surface area contributed by atoms with Gasteiger partial charge >= 0.3 is 6.03 Å². The highest BCUT2D eigenvalue weighted by Crippen LogP contribution is 2.31. The first-order valence-corrected chi connectivity index (χ1v) is 9.79. The lowest BCUT2D eigenvalue weighted by Crippen LogP contribution is -2.44. The minimum Gasteiger partial charge on any atom is -0.336 e. The van der Waals surface area contributed by atoms with Crippen LogP contribution in [0.4, 0.5) is 4.79 Å². The zero-order valence-corrected chi connectivity index (χ0v) is 17.0. The Hall–Kier alpha value is -3.00. The first kappa shape index (κ1) is 19.8. The summed E-state index contributed by atoms with van der Waals surface area (Å²) in [5.41, 5.74) is 3.74. The maximum atomic E-state index is 13.0. The van der Waals surface area contributed by atoms with Gasteiger partial charge in [-0.3, -0.25) is 19.5 Å². The first-order valence-electron chi connectivity index (χ1n) is 8.91. The molecular weight excluding hydrogens is 376 g/mol. The van der Waals surface area contributed by atoms with E-state index in [0.717, 1.165) is 16.7 Å². The lowest BCUT2D eigenvalue weighted by atomic mass is 10.0. The Kier molecular flexibility index (Phi) is 5.60. The van der Waals surface area contributed by atoms with Gasteiger partial charge in [0.2, 0.25) is 5.91 Å². The molecule has 8 heteroatoms. The predicted octanol–water partition coefficient (Wildman–Crippen LogP) is 2.98. The van der Waals surface area contributed by atoms with Gasteiger partial charge in [-0.05, 0) is 44.4 Å². The topological polar surface area (TPSA) is 93.1 Å². The van der Waals surface area contributed by atoms with Crippen molar-refractivity contribution in [3.8, 4) is 11.1 Å². The fourth-order valence-corrected chi connectivity index (χ4v) is 3.73. The average molecular weight is 398 g/mol. The molecule has 0 aliphatic carbocycles. The molecule has 0 spiro atoms. The smallest absolute Gasteiger partial charge is 0.321 e. The summed E-state index contributed by atoms with van der Waals surface area (Å²) in [5, 5.41) is 7.17. The standard InChI is InChI=1S/C20H22N4O3S/c1-11(2)22-20(27)23-16(25)8-24-10-21-18-17(19(24)26)15(9-28-18)14-6-5-12(3)13(4)7-14/h5-7,9-11H,8H2,1-4H3,(H2,22,23,25,27). The van der Waals surface area contributed by atoms with E-state index in [2.05, 4.69) is 15.6 Å². The number of thiophene rings is 1. The maximum absolute atomic E-state index is 13.0. The van der Waals surface area contributed by atoms with Crippen molar-refractivity contribution in [3.63, 3.8) is 0 Å². The number of rotatable bonds is 4. The highest BCUT2D eigenvalue weighted by Gasteiger charge is 2.16. The number of aryl methyl sites for hydroxylation is 2. The number of aromatic nitrogens is 2. The monoisotopic (exact) mass is 398 g/mol. The van der Waals surface area contributed by atoms with E-state index in [1.54, 1.807) is 13.8 Å². The Morgan fingerprint density at radius 3 is 2.64 bits per heavy atom. The second kappa shape index (κ2) is 7.93. The van der Waals surface area contributed by atoms with Crippen LogP contribution in [0.1, 0.15) is 25.0 Å². The van der Waals surface area contributed by atoms with Gasteiger partial charge in [0.25, 0.3) is 5.56 Å². The van der Waals surface area contributed by atoms with Crippen molar-refractivity contribution < 1.29 is 9.59 Å². The fourth-order valence-electron chi connectivity index (χ4n) is 2.82. The molecule has 146 valence electrons. The summed E-state index contributed by atoms with van der Waals surface area (Å²) in [7, 11) is 0. The van der Waals surface area contributed by atoms with Crippen LogP contribution in [-0.4, -0.2) is 27.5 Å². The van der Waals surface area contributed by atoms with E-state index in [4.69, 9.17) is 0 Å². The number of hydrogen-bond donors (Lipinski definition) is 2. The molecule has 0 atom stereocenters. The van der Waals surface area contributed by atoms with Crippen molar-refractivity contribution in [2.45, 2.75) is 40.3 Å². The van der Waals surface area contributed by atoms with Gasteiger partial charge in [0.1, 0.15) is 11.4 Å². The Labute approximate surface area is 166 Å². The Morgan fingerprint density at radius 2 is 1.96 bits per heavy atom. The number of benzene rings is 1. The largest absolute Gasteiger partial charge is 0.336 e. The van der Waals surface area contributed by atoms with Crippen LogP contribution in [0.25, 0.3) is 21.3 Å². The molecule has 3 amide bonds. The first-order chi connectivity index (χ1) is 13.3. The molecular formula is C20H22N4O3S. The molecule has 0 radical (unpaired) electrons. The minimum absolute atomic E-state index is 0.0973. The summed E-state index contributed by atoms with van der Waals surface area (Å²) in [5.74, 6) is -0.579. The summed E-state index contributed by atoms with van der Waals surface area (Å²) in [6.45, 7) is 7.36. The highest BCUT2D eigenvalue weighted by atomic mass is 32.1. The number of nitrogens with zero attached hydrogens (tertiary/aromatic N) is 2. The summed E-state index contributed by atoms with van der Waals surface area (Å²) < 4.78 is 1.22. The van der Waals surface area contributed by atoms with Crippen LogP contribution >= 0.6 is 11.3 Å². The van der Waals surface area contributed by atoms with Crippen molar-refractivity contribution >= 4 is 33.5 Å². The highest BCUT2D eigenvalue weighted by molar-refractivity contribution is 7.17. The summed E-state index contributed by atoms with van der Waals surface area (Å²) in [6, 6.07) is 5.34. The van der Waals surface area contributed by atoms with Crippen LogP contribution < -0.4 is 16.2 Å². The van der Waals surface area contributed by atoms with Crippen molar-refractivity contribution in [2.24, 2.45) is 0 Å². The zero-order valence-electron chi connectivity index (χ0n) is 16.2. The van der Waals surface area contributed by atoms with Gasteiger partial charge in [-0.25, -0.2) is 9.78 Å². The SMILES string of the molecule is Cc1ccc(-c2csc3ncn(CC(=O)NC(=O)NC(C)C)c(=O)c23)cc1C. The molecule has 2 heterocycles. The quantitative estimate of drug-likeness (QED) is 0.707. The van der Waals surface area contributed by atoms with Crippen molar-refractivity contribution in [3.05, 3.63) is 51.4 Å². The zero-order chi connectivity index (χ0) is 20.4. The number of hydrogen-bond acceptors (Lipinski definition) is 5. The van der Waals surface area contributed by atoms with E-state index in [0.29, 0.717) is 10.2 Å². The van der Waals surface area contributed by atoms with Crippen LogP contribution in [-0.2, 0) is 11.3 Å². The normalized spacial score (nSPS) is 11.0. The van der Waals surface area contributed by atoms with E-state index in [1.807, 2.05) is 37.4 Å². The van der Waals surface area contributed by atoms with Crippen LogP contribution in [0.5, 0.6) is 0 Å². The molecule has 0 aliphatic heterocycles. The molecule has 0 saturated carbocycles. The molecule has 2 aromatic heterocycles. The Morgan fingerprint density at radius 1 is 1.21 bits per heavy atom. The van der Waals surface area contributed by atoms with Crippen molar-refractivity contribution in [2.75, 3.05) is 0 Å². The molecule has 3 rings (SSSR count). The van der Waals surface area contributed by atoms with E-state index in [9.17, 15) is 14.4 Å². The van der Waals surface area contributed by atoms with Crippen LogP contribution in [0.2, 0.25) is 0 Å². The van der Waals surface area contributed by atoms with Crippen LogP contribution in [0.15, 0.2) is 34.7 Å². The van der Waals surface area contributed by atoms with Crippen molar-refractivity contribution in [1.82, 2.24) is 20.2 Å². The molecule has 2 N–H and O–H groups in total. The number of nitrogens with one attached hydrogen (secondary N) is 2. The predicted molar refractivity (Wildman–Crippen MR) is 111 cm³/mol. The second-order valence-corrected chi connectivity index (χ2v) is 7.84. The molecule has 0 unspecified atom stereocenters. The van der Waals surface area contributed by atoms with Gasteiger partial charge < -0.3 is 5.32 Å². The van der Waals surface area contributed by atoms with Crippen LogP contribution in [0.3, 0.4) is 0 Å². The number of urea groups is 1. The molecule has 7 nitrogen and oxygen atoms in total. The minimum atomic E-state index is -0.589. The molecule has 0 fully saturated rings. The van der Waals surface area contributed by atoms with Gasteiger partial charge in [-0.15, -0.1) is 11.3 Å². The van der Waals surface area contributed by atoms with E-state index in [-0.39, 0.29) is 18.1 Å². The van der Waals surface area contributed by atoms with Crippen molar-refractivity contribution in [1.29, 1.82) is 0 Å². The summed E-state index contributed by atoms with van der Waals surface area (Å²) in [4.78, 5) is 41.7. The van der Waals surface area contributed by atoms with E-state index < -0.39 is 11.9 Å². The molecule has 1 aromatic carbocycles.